The summed E-state index contributed by atoms with van der Waals surface area (Å²) in [6, 6.07) is 17.0. The van der Waals surface area contributed by atoms with Gasteiger partial charge in [0.15, 0.2) is 5.78 Å². The highest BCUT2D eigenvalue weighted by atomic mass is 16.3. The highest BCUT2D eigenvalue weighted by molar-refractivity contribution is 5.97. The molecule has 3 heteroatoms. The first kappa shape index (κ1) is 15.8. The first-order valence-corrected chi connectivity index (χ1v) is 8.17. The van der Waals surface area contributed by atoms with Crippen LogP contribution in [0.3, 0.4) is 0 Å². The van der Waals surface area contributed by atoms with Crippen molar-refractivity contribution < 1.29 is 9.90 Å². The second-order valence-electron chi connectivity index (χ2n) is 6.71. The molecule has 3 rings (SSSR count). The maximum absolute atomic E-state index is 12.4. The SMILES string of the molecule is CC1(c2cccc(O)c2)CCCN(CC(=O)c2ccccc2)C1. The molecule has 120 valence electrons. The molecule has 1 heterocycles. The minimum atomic E-state index is -0.0199. The number of Topliss-reactive ketones (excluding diaryl/α,β-unsaturated/α-hetero) is 1. The Hall–Kier alpha value is -2.13. The third-order valence-corrected chi connectivity index (χ3v) is 4.78. The monoisotopic (exact) mass is 309 g/mol. The Labute approximate surface area is 137 Å². The fourth-order valence-corrected chi connectivity index (χ4v) is 3.51. The van der Waals surface area contributed by atoms with E-state index in [0.29, 0.717) is 12.3 Å². The van der Waals surface area contributed by atoms with Gasteiger partial charge in [-0.15, -0.1) is 0 Å². The highest BCUT2D eigenvalue weighted by Gasteiger charge is 2.33. The van der Waals surface area contributed by atoms with E-state index in [4.69, 9.17) is 0 Å². The van der Waals surface area contributed by atoms with Gasteiger partial charge in [-0.2, -0.15) is 0 Å². The molecule has 1 N–H and O–H groups in total. The number of phenols is 1. The maximum Gasteiger partial charge on any atom is 0.176 e. The lowest BCUT2D eigenvalue weighted by Crippen LogP contribution is -2.46. The Morgan fingerprint density at radius 3 is 2.70 bits per heavy atom. The average molecular weight is 309 g/mol. The number of carbonyl (C=O) groups excluding carboxylic acids is 1. The van der Waals surface area contributed by atoms with Crippen LogP contribution in [0, 0.1) is 0 Å². The van der Waals surface area contributed by atoms with Gasteiger partial charge in [0, 0.05) is 17.5 Å². The van der Waals surface area contributed by atoms with Crippen LogP contribution in [0.25, 0.3) is 0 Å². The van der Waals surface area contributed by atoms with Crippen molar-refractivity contribution in [3.63, 3.8) is 0 Å². The fraction of sp³-hybridized carbons (Fsp3) is 0.350. The van der Waals surface area contributed by atoms with Gasteiger partial charge < -0.3 is 5.11 Å². The smallest absolute Gasteiger partial charge is 0.176 e. The van der Waals surface area contributed by atoms with Crippen LogP contribution in [0.5, 0.6) is 5.75 Å². The van der Waals surface area contributed by atoms with Gasteiger partial charge in [-0.3, -0.25) is 9.69 Å². The largest absolute Gasteiger partial charge is 0.508 e. The minimum absolute atomic E-state index is 0.0199. The molecule has 1 atom stereocenters. The van der Waals surface area contributed by atoms with Crippen molar-refractivity contribution in [3.8, 4) is 5.75 Å². The van der Waals surface area contributed by atoms with Crippen LogP contribution in [0.15, 0.2) is 54.6 Å². The van der Waals surface area contributed by atoms with Crippen LogP contribution in [0.1, 0.15) is 35.7 Å². The molecule has 2 aromatic rings. The molecule has 1 unspecified atom stereocenters. The summed E-state index contributed by atoms with van der Waals surface area (Å²) >= 11 is 0. The molecule has 0 aromatic heterocycles. The Bertz CT molecular complexity index is 683. The Morgan fingerprint density at radius 1 is 1.17 bits per heavy atom. The predicted octanol–water partition coefficient (Wildman–Crippen LogP) is 3.63. The Balaban J connectivity index is 1.72. The second-order valence-corrected chi connectivity index (χ2v) is 6.71. The van der Waals surface area contributed by atoms with Gasteiger partial charge >= 0.3 is 0 Å². The summed E-state index contributed by atoms with van der Waals surface area (Å²) in [5, 5.41) is 9.75. The van der Waals surface area contributed by atoms with Crippen LogP contribution in [-0.2, 0) is 5.41 Å². The second kappa shape index (κ2) is 6.55. The van der Waals surface area contributed by atoms with Gasteiger partial charge in [0.25, 0.3) is 0 Å². The van der Waals surface area contributed by atoms with E-state index in [-0.39, 0.29) is 11.2 Å². The summed E-state index contributed by atoms with van der Waals surface area (Å²) in [5.74, 6) is 0.479. The van der Waals surface area contributed by atoms with Gasteiger partial charge in [-0.25, -0.2) is 0 Å². The molecule has 2 aromatic carbocycles. The number of phenolic OH excluding ortho intramolecular Hbond substituents is 1. The van der Waals surface area contributed by atoms with E-state index in [2.05, 4.69) is 17.9 Å². The van der Waals surface area contributed by atoms with Gasteiger partial charge in [-0.05, 0) is 37.1 Å². The molecule has 0 aliphatic carbocycles. The molecule has 3 nitrogen and oxygen atoms in total. The summed E-state index contributed by atoms with van der Waals surface area (Å²) in [5.41, 5.74) is 1.90. The van der Waals surface area contributed by atoms with Gasteiger partial charge in [0.05, 0.1) is 6.54 Å². The lowest BCUT2D eigenvalue weighted by Gasteiger charge is -2.40. The van der Waals surface area contributed by atoms with Crippen molar-refractivity contribution in [2.75, 3.05) is 19.6 Å². The third kappa shape index (κ3) is 3.62. The lowest BCUT2D eigenvalue weighted by molar-refractivity contribution is 0.0871. The fourth-order valence-electron chi connectivity index (χ4n) is 3.51. The number of nitrogens with zero attached hydrogens (tertiary/aromatic N) is 1. The lowest BCUT2D eigenvalue weighted by atomic mass is 9.76. The van der Waals surface area contributed by atoms with Crippen LogP contribution in [0.2, 0.25) is 0 Å². The number of benzene rings is 2. The summed E-state index contributed by atoms with van der Waals surface area (Å²) in [7, 11) is 0. The molecule has 23 heavy (non-hydrogen) atoms. The summed E-state index contributed by atoms with van der Waals surface area (Å²) in [6.45, 7) is 4.47. The van der Waals surface area contributed by atoms with E-state index in [1.807, 2.05) is 42.5 Å². The Morgan fingerprint density at radius 2 is 1.96 bits per heavy atom. The van der Waals surface area contributed by atoms with Gasteiger partial charge in [0.2, 0.25) is 0 Å². The van der Waals surface area contributed by atoms with Gasteiger partial charge in [-0.1, -0.05) is 49.4 Å². The molecule has 1 fully saturated rings. The van der Waals surface area contributed by atoms with Crippen molar-refractivity contribution in [2.24, 2.45) is 0 Å². The van der Waals surface area contributed by atoms with Crippen LogP contribution in [-0.4, -0.2) is 35.4 Å². The van der Waals surface area contributed by atoms with Crippen LogP contribution >= 0.6 is 0 Å². The zero-order valence-electron chi connectivity index (χ0n) is 13.5. The standard InChI is InChI=1S/C20H23NO2/c1-20(17-9-5-10-18(22)13-17)11-6-12-21(15-20)14-19(23)16-7-3-2-4-8-16/h2-5,7-10,13,22H,6,11-12,14-15H2,1H3. The summed E-state index contributed by atoms with van der Waals surface area (Å²) in [6.07, 6.45) is 2.14. The molecule has 0 amide bonds. The average Bonchev–Trinajstić information content (AvgIpc) is 2.56. The molecular weight excluding hydrogens is 286 g/mol. The van der Waals surface area contributed by atoms with E-state index < -0.39 is 0 Å². The molecule has 0 saturated carbocycles. The molecular formula is C20H23NO2. The first-order chi connectivity index (χ1) is 11.1. The quantitative estimate of drug-likeness (QED) is 0.877. The van der Waals surface area contributed by atoms with E-state index in [0.717, 1.165) is 37.1 Å². The van der Waals surface area contributed by atoms with Crippen molar-refractivity contribution >= 4 is 5.78 Å². The Kier molecular flexibility index (Phi) is 4.49. The number of ketones is 1. The number of hydrogen-bond acceptors (Lipinski definition) is 3. The van der Waals surface area contributed by atoms with Crippen molar-refractivity contribution in [1.29, 1.82) is 0 Å². The predicted molar refractivity (Wildman–Crippen MR) is 91.9 cm³/mol. The van der Waals surface area contributed by atoms with E-state index in [1.54, 1.807) is 6.07 Å². The molecule has 1 aliphatic heterocycles. The maximum atomic E-state index is 12.4. The molecule has 0 spiro atoms. The molecule has 0 bridgehead atoms. The van der Waals surface area contributed by atoms with E-state index in [9.17, 15) is 9.90 Å². The molecule has 1 saturated heterocycles. The van der Waals surface area contributed by atoms with Crippen molar-refractivity contribution in [1.82, 2.24) is 4.90 Å². The number of carbonyl (C=O) groups is 1. The topological polar surface area (TPSA) is 40.5 Å². The normalized spacial score (nSPS) is 22.0. The first-order valence-electron chi connectivity index (χ1n) is 8.17. The van der Waals surface area contributed by atoms with Crippen LogP contribution in [0.4, 0.5) is 0 Å². The minimum Gasteiger partial charge on any atom is -0.508 e. The number of piperidine rings is 1. The van der Waals surface area contributed by atoms with E-state index >= 15 is 0 Å². The number of aromatic hydroxyl groups is 1. The summed E-state index contributed by atoms with van der Waals surface area (Å²) < 4.78 is 0. The number of rotatable bonds is 4. The highest BCUT2D eigenvalue weighted by Crippen LogP contribution is 2.35. The molecule has 1 aliphatic rings. The van der Waals surface area contributed by atoms with Crippen molar-refractivity contribution in [2.45, 2.75) is 25.2 Å². The third-order valence-electron chi connectivity index (χ3n) is 4.78. The van der Waals surface area contributed by atoms with Crippen molar-refractivity contribution in [3.05, 3.63) is 65.7 Å². The van der Waals surface area contributed by atoms with E-state index in [1.165, 1.54) is 0 Å². The summed E-state index contributed by atoms with van der Waals surface area (Å²) in [4.78, 5) is 14.7. The number of hydrogen-bond donors (Lipinski definition) is 1. The number of likely N-dealkylation sites (tertiary alicyclic amines) is 1. The van der Waals surface area contributed by atoms with Gasteiger partial charge in [0.1, 0.15) is 5.75 Å². The molecule has 0 radical (unpaired) electrons. The zero-order valence-corrected chi connectivity index (χ0v) is 13.5. The zero-order chi connectivity index (χ0) is 16.3. The van der Waals surface area contributed by atoms with Crippen LogP contribution < -0.4 is 0 Å².